The number of hydrogen-bond donors (Lipinski definition) is 2. The molecule has 8 heteroatoms. The molecule has 2 heterocycles. The molecular weight excluding hydrogens is 427 g/mol. The minimum absolute atomic E-state index is 0.0455. The van der Waals surface area contributed by atoms with Crippen molar-refractivity contribution in [3.8, 4) is 0 Å². The van der Waals surface area contributed by atoms with E-state index in [2.05, 4.69) is 4.98 Å². The molecule has 0 spiro atoms. The number of rotatable bonds is 5. The normalized spacial score (nSPS) is 21.4. The molecule has 27 heavy (non-hydrogen) atoms. The van der Waals surface area contributed by atoms with Crippen molar-refractivity contribution in [1.29, 1.82) is 0 Å². The maximum absolute atomic E-state index is 13.2. The van der Waals surface area contributed by atoms with Crippen molar-refractivity contribution in [2.24, 2.45) is 11.7 Å². The Kier molecular flexibility index (Phi) is 6.50. The number of carbonyl (C=O) groups is 1. The molecule has 0 saturated heterocycles. The first-order valence-electron chi connectivity index (χ1n) is 7.94. The van der Waals surface area contributed by atoms with Crippen molar-refractivity contribution < 1.29 is 9.90 Å². The smallest absolute Gasteiger partial charge is 0.193 e. The Morgan fingerprint density at radius 1 is 1.22 bits per heavy atom. The molecule has 0 fully saturated rings. The first-order valence-corrected chi connectivity index (χ1v) is 10.0. The predicted octanol–water partition coefficient (Wildman–Crippen LogP) is 4.87. The molecule has 2 aromatic rings. The van der Waals surface area contributed by atoms with Gasteiger partial charge >= 0.3 is 0 Å². The zero-order valence-corrected chi connectivity index (χ0v) is 16.9. The number of allylic oxidation sites excluding steroid dienone is 1. The summed E-state index contributed by atoms with van der Waals surface area (Å²) in [5.74, 6) is -0.896. The van der Waals surface area contributed by atoms with Crippen LogP contribution in [0.2, 0.25) is 5.02 Å². The lowest BCUT2D eigenvalue weighted by atomic mass is 9.90. The van der Waals surface area contributed by atoms with Gasteiger partial charge in [-0.15, -0.1) is 11.6 Å². The summed E-state index contributed by atoms with van der Waals surface area (Å²) < 4.78 is 0.0312. The lowest BCUT2D eigenvalue weighted by Crippen LogP contribution is -2.24. The SMILES string of the molecule is NC(=C(C(=O)c1ccc(Cl)cc1)C(O)c1cccnc1)C1C=C(Cl)SC1Cl. The third kappa shape index (κ3) is 4.50. The fourth-order valence-electron chi connectivity index (χ4n) is 2.72. The molecule has 1 aliphatic heterocycles. The van der Waals surface area contributed by atoms with E-state index < -0.39 is 22.5 Å². The van der Waals surface area contributed by atoms with Crippen LogP contribution in [0.3, 0.4) is 0 Å². The maximum Gasteiger partial charge on any atom is 0.193 e. The van der Waals surface area contributed by atoms with E-state index in [1.807, 2.05) is 0 Å². The van der Waals surface area contributed by atoms with Gasteiger partial charge in [0.1, 0.15) is 6.10 Å². The Labute approximate surface area is 176 Å². The van der Waals surface area contributed by atoms with Crippen molar-refractivity contribution in [1.82, 2.24) is 4.98 Å². The predicted molar refractivity (Wildman–Crippen MR) is 111 cm³/mol. The number of Topliss-reactive ketones (excluding diaryl/α,β-unsaturated/α-hetero) is 1. The van der Waals surface area contributed by atoms with Crippen LogP contribution in [0.15, 0.2) is 70.5 Å². The van der Waals surface area contributed by atoms with E-state index in [4.69, 9.17) is 40.5 Å². The quantitative estimate of drug-likeness (QED) is 0.393. The van der Waals surface area contributed by atoms with Gasteiger partial charge in [-0.2, -0.15) is 0 Å². The highest BCUT2D eigenvalue weighted by Crippen LogP contribution is 2.44. The van der Waals surface area contributed by atoms with E-state index in [0.29, 0.717) is 20.5 Å². The lowest BCUT2D eigenvalue weighted by molar-refractivity contribution is 0.0983. The number of aromatic nitrogens is 1. The van der Waals surface area contributed by atoms with E-state index in [9.17, 15) is 9.90 Å². The third-order valence-electron chi connectivity index (χ3n) is 4.11. The number of alkyl halides is 1. The van der Waals surface area contributed by atoms with Crippen LogP contribution in [0, 0.1) is 5.92 Å². The van der Waals surface area contributed by atoms with E-state index >= 15 is 0 Å². The lowest BCUT2D eigenvalue weighted by Gasteiger charge is -2.21. The molecule has 0 aliphatic carbocycles. The molecule has 3 rings (SSSR count). The molecule has 4 nitrogen and oxygen atoms in total. The number of benzene rings is 1. The minimum atomic E-state index is -1.26. The summed E-state index contributed by atoms with van der Waals surface area (Å²) in [5.41, 5.74) is 7.36. The van der Waals surface area contributed by atoms with Gasteiger partial charge in [-0.25, -0.2) is 0 Å². The Morgan fingerprint density at radius 3 is 2.48 bits per heavy atom. The monoisotopic (exact) mass is 440 g/mol. The highest BCUT2D eigenvalue weighted by molar-refractivity contribution is 8.06. The highest BCUT2D eigenvalue weighted by Gasteiger charge is 2.34. The van der Waals surface area contributed by atoms with Gasteiger partial charge in [-0.3, -0.25) is 9.78 Å². The first kappa shape index (κ1) is 20.2. The number of carbonyl (C=O) groups excluding carboxylic acids is 1. The summed E-state index contributed by atoms with van der Waals surface area (Å²) in [6, 6.07) is 9.71. The first-order chi connectivity index (χ1) is 12.9. The third-order valence-corrected chi connectivity index (χ3v) is 6.18. The van der Waals surface area contributed by atoms with Crippen LogP contribution in [0.5, 0.6) is 0 Å². The fourth-order valence-corrected chi connectivity index (χ4v) is 4.72. The molecule has 3 N–H and O–H groups in total. The molecular formula is C19H15Cl3N2O2S. The highest BCUT2D eigenvalue weighted by atomic mass is 35.5. The number of nitrogens with two attached hydrogens (primary N) is 1. The average molecular weight is 442 g/mol. The summed E-state index contributed by atoms with van der Waals surface area (Å²) in [4.78, 5) is 17.2. The largest absolute Gasteiger partial charge is 0.401 e. The number of aliphatic hydroxyl groups excluding tert-OH is 1. The molecule has 0 bridgehead atoms. The Morgan fingerprint density at radius 2 is 1.93 bits per heavy atom. The number of halogens is 3. The van der Waals surface area contributed by atoms with Crippen molar-refractivity contribution in [2.45, 2.75) is 10.8 Å². The van der Waals surface area contributed by atoms with Crippen LogP contribution in [0.4, 0.5) is 0 Å². The summed E-state index contributed by atoms with van der Waals surface area (Å²) in [5, 5.41) is 11.4. The van der Waals surface area contributed by atoms with Crippen LogP contribution in [-0.2, 0) is 0 Å². The number of aliphatic hydroxyl groups is 1. The van der Waals surface area contributed by atoms with Crippen LogP contribution in [0.25, 0.3) is 0 Å². The van der Waals surface area contributed by atoms with Gasteiger partial charge in [0, 0.05) is 40.2 Å². The van der Waals surface area contributed by atoms with Gasteiger partial charge in [0.05, 0.1) is 14.6 Å². The number of hydrogen-bond acceptors (Lipinski definition) is 5. The second-order valence-electron chi connectivity index (χ2n) is 5.86. The number of thioether (sulfide) groups is 1. The zero-order chi connectivity index (χ0) is 19.6. The van der Waals surface area contributed by atoms with Gasteiger partial charge in [0.2, 0.25) is 0 Å². The van der Waals surface area contributed by atoms with Crippen LogP contribution in [0.1, 0.15) is 22.0 Å². The number of pyridine rings is 1. The summed E-state index contributed by atoms with van der Waals surface area (Å²) in [6.45, 7) is 0. The van der Waals surface area contributed by atoms with E-state index in [1.54, 1.807) is 48.7 Å². The molecule has 3 unspecified atom stereocenters. The molecule has 1 aliphatic rings. The zero-order valence-electron chi connectivity index (χ0n) is 13.9. The summed E-state index contributed by atoms with van der Waals surface area (Å²) in [7, 11) is 0. The standard InChI is InChI=1S/C19H15Cl3N2O2S/c20-12-5-3-10(4-6-12)17(25)15(18(26)11-2-1-7-24-9-11)16(23)13-8-14(21)27-19(13)22/h1-9,13,18-19,26H,23H2. The van der Waals surface area contributed by atoms with Crippen molar-refractivity contribution in [2.75, 3.05) is 0 Å². The van der Waals surface area contributed by atoms with Gasteiger partial charge < -0.3 is 10.8 Å². The van der Waals surface area contributed by atoms with Gasteiger partial charge in [-0.05, 0) is 36.4 Å². The molecule has 0 amide bonds. The Bertz CT molecular complexity index is 901. The topological polar surface area (TPSA) is 76.2 Å². The van der Waals surface area contributed by atoms with Gasteiger partial charge in [0.15, 0.2) is 5.78 Å². The molecule has 1 aromatic carbocycles. The summed E-state index contributed by atoms with van der Waals surface area (Å²) in [6.07, 6.45) is 3.49. The molecule has 1 aromatic heterocycles. The van der Waals surface area contributed by atoms with E-state index in [-0.39, 0.29) is 11.3 Å². The van der Waals surface area contributed by atoms with Crippen LogP contribution >= 0.6 is 46.6 Å². The van der Waals surface area contributed by atoms with Gasteiger partial charge in [-0.1, -0.05) is 41.0 Å². The molecule has 3 atom stereocenters. The van der Waals surface area contributed by atoms with Crippen LogP contribution < -0.4 is 5.73 Å². The van der Waals surface area contributed by atoms with Crippen LogP contribution in [-0.4, -0.2) is 20.6 Å². The average Bonchev–Trinajstić information content (AvgIpc) is 3.01. The van der Waals surface area contributed by atoms with Gasteiger partial charge in [0.25, 0.3) is 0 Å². The maximum atomic E-state index is 13.2. The second-order valence-corrected chi connectivity index (χ2v) is 8.84. The molecule has 0 saturated carbocycles. The number of nitrogens with zero attached hydrogens (tertiary/aromatic N) is 1. The Balaban J connectivity index is 2.10. The Hall–Kier alpha value is -1.50. The number of ketones is 1. The van der Waals surface area contributed by atoms with Crippen molar-refractivity contribution >= 4 is 52.3 Å². The minimum Gasteiger partial charge on any atom is -0.401 e. The fraction of sp³-hybridized carbons (Fsp3) is 0.158. The van der Waals surface area contributed by atoms with E-state index in [1.165, 1.54) is 18.0 Å². The molecule has 140 valence electrons. The van der Waals surface area contributed by atoms with Crippen molar-refractivity contribution in [3.05, 3.63) is 86.7 Å². The van der Waals surface area contributed by atoms with Crippen molar-refractivity contribution in [3.63, 3.8) is 0 Å². The summed E-state index contributed by atoms with van der Waals surface area (Å²) >= 11 is 19.5. The molecule has 0 radical (unpaired) electrons. The van der Waals surface area contributed by atoms with E-state index in [0.717, 1.165) is 0 Å². The second kappa shape index (κ2) is 8.67.